The smallest absolute Gasteiger partial charge is 0.274 e. The van der Waals surface area contributed by atoms with Crippen LogP contribution in [0.3, 0.4) is 0 Å². The van der Waals surface area contributed by atoms with Crippen molar-refractivity contribution < 1.29 is 14.3 Å². The summed E-state index contributed by atoms with van der Waals surface area (Å²) in [4.78, 5) is 38.0. The van der Waals surface area contributed by atoms with Gasteiger partial charge in [0.1, 0.15) is 17.0 Å². The Morgan fingerprint density at radius 1 is 1.12 bits per heavy atom. The molecule has 4 rings (SSSR count). The predicted molar refractivity (Wildman–Crippen MR) is 93.4 cm³/mol. The molecule has 1 N–H and O–H groups in total. The van der Waals surface area contributed by atoms with Gasteiger partial charge in [0, 0.05) is 25.6 Å². The van der Waals surface area contributed by atoms with Crippen LogP contribution in [0.1, 0.15) is 46.5 Å². The fourth-order valence-electron chi connectivity index (χ4n) is 3.72. The van der Waals surface area contributed by atoms with Gasteiger partial charge in [0.05, 0.1) is 12.0 Å². The van der Waals surface area contributed by atoms with E-state index in [-0.39, 0.29) is 22.9 Å². The Morgan fingerprint density at radius 2 is 1.96 bits per heavy atom. The van der Waals surface area contributed by atoms with Crippen molar-refractivity contribution in [1.82, 2.24) is 15.1 Å². The minimum atomic E-state index is -0.557. The molecule has 0 radical (unpaired) electrons. The summed E-state index contributed by atoms with van der Waals surface area (Å²) in [5.74, 6) is 0.501. The van der Waals surface area contributed by atoms with E-state index in [0.717, 1.165) is 12.8 Å². The van der Waals surface area contributed by atoms with E-state index < -0.39 is 5.60 Å². The fourth-order valence-corrected chi connectivity index (χ4v) is 3.72. The highest BCUT2D eigenvalue weighted by Crippen LogP contribution is 2.39. The summed E-state index contributed by atoms with van der Waals surface area (Å²) >= 11 is 0. The van der Waals surface area contributed by atoms with Gasteiger partial charge in [-0.1, -0.05) is 12.1 Å². The number of ether oxygens (including phenoxy) is 1. The molecule has 1 saturated heterocycles. The van der Waals surface area contributed by atoms with Crippen LogP contribution in [0.25, 0.3) is 0 Å². The van der Waals surface area contributed by atoms with Gasteiger partial charge in [-0.05, 0) is 31.0 Å². The van der Waals surface area contributed by atoms with Crippen LogP contribution in [0.2, 0.25) is 0 Å². The van der Waals surface area contributed by atoms with Crippen LogP contribution in [0.15, 0.2) is 41.2 Å². The molecule has 0 bridgehead atoms. The maximum atomic E-state index is 12.6. The normalized spacial score (nSPS) is 22.5. The monoisotopic (exact) mass is 353 g/mol. The van der Waals surface area contributed by atoms with Crippen LogP contribution >= 0.6 is 0 Å². The van der Waals surface area contributed by atoms with Gasteiger partial charge < -0.3 is 9.64 Å². The van der Waals surface area contributed by atoms with Gasteiger partial charge in [-0.3, -0.25) is 14.4 Å². The molecule has 2 aliphatic rings. The standard InChI is InChI=1S/C19H19N3O4/c23-15-12-19(26-16-5-2-1-4-13(15)16)8-3-10-22(11-9-19)18(25)14-6-7-17(24)21-20-14/h1-2,4-7H,3,8-12H2,(H,21,24). The van der Waals surface area contributed by atoms with Crippen LogP contribution in [0, 0.1) is 0 Å². The number of H-pyrrole nitrogens is 1. The Labute approximate surface area is 150 Å². The minimum absolute atomic E-state index is 0.0916. The van der Waals surface area contributed by atoms with E-state index in [1.54, 1.807) is 11.0 Å². The molecule has 1 unspecified atom stereocenters. The summed E-state index contributed by atoms with van der Waals surface area (Å²) in [6.45, 7) is 1.05. The van der Waals surface area contributed by atoms with E-state index in [1.807, 2.05) is 18.2 Å². The highest BCUT2D eigenvalue weighted by molar-refractivity contribution is 6.00. The molecule has 1 aromatic heterocycles. The Morgan fingerprint density at radius 3 is 2.77 bits per heavy atom. The number of nitrogens with one attached hydrogen (secondary N) is 1. The number of benzene rings is 1. The van der Waals surface area contributed by atoms with Crippen molar-refractivity contribution in [2.75, 3.05) is 13.1 Å². The number of rotatable bonds is 1. The lowest BCUT2D eigenvalue weighted by atomic mass is 9.84. The van der Waals surface area contributed by atoms with Gasteiger partial charge >= 0.3 is 0 Å². The third kappa shape index (κ3) is 3.00. The van der Waals surface area contributed by atoms with Crippen LogP contribution in [0.4, 0.5) is 0 Å². The number of nitrogens with zero attached hydrogens (tertiary/aromatic N) is 2. The zero-order valence-electron chi connectivity index (χ0n) is 14.2. The summed E-state index contributed by atoms with van der Waals surface area (Å²) in [5.41, 5.74) is -0.0535. The third-order valence-corrected chi connectivity index (χ3v) is 5.08. The molecular weight excluding hydrogens is 334 g/mol. The first-order valence-electron chi connectivity index (χ1n) is 8.73. The minimum Gasteiger partial charge on any atom is -0.486 e. The topological polar surface area (TPSA) is 92.4 Å². The molecule has 7 heteroatoms. The first-order chi connectivity index (χ1) is 12.6. The average Bonchev–Trinajstić information content (AvgIpc) is 2.84. The first kappa shape index (κ1) is 16.5. The Hall–Kier alpha value is -2.96. The zero-order valence-corrected chi connectivity index (χ0v) is 14.2. The second kappa shape index (κ2) is 6.40. The molecule has 2 aliphatic heterocycles. The van der Waals surface area contributed by atoms with E-state index in [4.69, 9.17) is 4.74 Å². The lowest BCUT2D eigenvalue weighted by Gasteiger charge is -2.37. The number of carbonyl (C=O) groups excluding carboxylic acids is 2. The SMILES string of the molecule is O=C1CC2(CCCN(C(=O)c3ccc(=O)[nH]n3)CC2)Oc2ccccc21. The molecule has 134 valence electrons. The number of fused-ring (bicyclic) bond motifs is 1. The third-order valence-electron chi connectivity index (χ3n) is 5.08. The summed E-state index contributed by atoms with van der Waals surface area (Å²) < 4.78 is 6.24. The van der Waals surface area contributed by atoms with Crippen molar-refractivity contribution in [2.24, 2.45) is 0 Å². The van der Waals surface area contributed by atoms with Crippen LogP contribution < -0.4 is 10.3 Å². The van der Waals surface area contributed by atoms with Crippen LogP contribution in [-0.4, -0.2) is 45.5 Å². The maximum Gasteiger partial charge on any atom is 0.274 e. The van der Waals surface area contributed by atoms with E-state index >= 15 is 0 Å². The maximum absolute atomic E-state index is 12.6. The van der Waals surface area contributed by atoms with E-state index in [0.29, 0.717) is 37.2 Å². The summed E-state index contributed by atoms with van der Waals surface area (Å²) in [6, 6.07) is 10.0. The highest BCUT2D eigenvalue weighted by Gasteiger charge is 2.42. The Balaban J connectivity index is 1.52. The molecule has 0 saturated carbocycles. The number of amides is 1. The number of ketones is 1. The van der Waals surface area contributed by atoms with Gasteiger partial charge in [0.15, 0.2) is 5.78 Å². The Kier molecular flexibility index (Phi) is 4.06. The number of likely N-dealkylation sites (tertiary alicyclic amines) is 1. The van der Waals surface area contributed by atoms with Crippen molar-refractivity contribution in [2.45, 2.75) is 31.3 Å². The molecule has 1 atom stereocenters. The second-order valence-corrected chi connectivity index (χ2v) is 6.83. The number of carbonyl (C=O) groups is 2. The molecule has 1 aromatic carbocycles. The van der Waals surface area contributed by atoms with Gasteiger partial charge in [-0.15, -0.1) is 0 Å². The molecule has 26 heavy (non-hydrogen) atoms. The quantitative estimate of drug-likeness (QED) is 0.844. The zero-order chi connectivity index (χ0) is 18.1. The molecule has 1 spiro atoms. The number of aromatic amines is 1. The van der Waals surface area contributed by atoms with E-state index in [1.165, 1.54) is 12.1 Å². The van der Waals surface area contributed by atoms with Gasteiger partial charge in [-0.2, -0.15) is 5.10 Å². The molecule has 7 nitrogen and oxygen atoms in total. The van der Waals surface area contributed by atoms with E-state index in [2.05, 4.69) is 10.2 Å². The molecular formula is C19H19N3O4. The first-order valence-corrected chi connectivity index (χ1v) is 8.73. The largest absolute Gasteiger partial charge is 0.486 e. The Bertz CT molecular complexity index is 903. The number of hydrogen-bond donors (Lipinski definition) is 1. The van der Waals surface area contributed by atoms with Crippen LogP contribution in [-0.2, 0) is 0 Å². The number of hydrogen-bond acceptors (Lipinski definition) is 5. The van der Waals surface area contributed by atoms with Crippen molar-refractivity contribution in [3.05, 3.63) is 58.0 Å². The number of para-hydroxylation sites is 1. The summed E-state index contributed by atoms with van der Waals surface area (Å²) in [6.07, 6.45) is 2.38. The average molecular weight is 353 g/mol. The predicted octanol–water partition coefficient (Wildman–Crippen LogP) is 1.80. The van der Waals surface area contributed by atoms with Crippen molar-refractivity contribution in [3.8, 4) is 5.75 Å². The van der Waals surface area contributed by atoms with E-state index in [9.17, 15) is 14.4 Å². The van der Waals surface area contributed by atoms with Crippen LogP contribution in [0.5, 0.6) is 5.75 Å². The fraction of sp³-hybridized carbons (Fsp3) is 0.368. The van der Waals surface area contributed by atoms with Gasteiger partial charge in [0.25, 0.3) is 11.5 Å². The number of Topliss-reactive ketones (excluding diaryl/α,β-unsaturated/α-hetero) is 1. The van der Waals surface area contributed by atoms with Crippen molar-refractivity contribution in [1.29, 1.82) is 0 Å². The number of aromatic nitrogens is 2. The van der Waals surface area contributed by atoms with Gasteiger partial charge in [-0.25, -0.2) is 5.10 Å². The lowest BCUT2D eigenvalue weighted by Crippen LogP contribution is -2.43. The molecule has 1 amide bonds. The molecule has 1 fully saturated rings. The lowest BCUT2D eigenvalue weighted by molar-refractivity contribution is 0.0300. The van der Waals surface area contributed by atoms with Crippen molar-refractivity contribution in [3.63, 3.8) is 0 Å². The van der Waals surface area contributed by atoms with Gasteiger partial charge in [0.2, 0.25) is 0 Å². The molecule has 0 aliphatic carbocycles. The summed E-state index contributed by atoms with van der Waals surface area (Å²) in [7, 11) is 0. The van der Waals surface area contributed by atoms with Crippen molar-refractivity contribution >= 4 is 11.7 Å². The summed E-state index contributed by atoms with van der Waals surface area (Å²) in [5, 5.41) is 6.10. The molecule has 2 aromatic rings. The highest BCUT2D eigenvalue weighted by atomic mass is 16.5. The second-order valence-electron chi connectivity index (χ2n) is 6.83. The molecule has 3 heterocycles.